The largest absolute Gasteiger partial charge is 0.308 e. The zero-order chi connectivity index (χ0) is 13.1. The van der Waals surface area contributed by atoms with Crippen molar-refractivity contribution >= 4 is 0 Å². The fraction of sp³-hybridized carbons (Fsp3) is 0.625. The van der Waals surface area contributed by atoms with Gasteiger partial charge >= 0.3 is 0 Å². The molecule has 1 aromatic rings. The Bertz CT molecular complexity index is 365. The van der Waals surface area contributed by atoms with Gasteiger partial charge in [0.05, 0.1) is 0 Å². The van der Waals surface area contributed by atoms with E-state index >= 15 is 0 Å². The van der Waals surface area contributed by atoms with Crippen molar-refractivity contribution in [2.24, 2.45) is 5.92 Å². The summed E-state index contributed by atoms with van der Waals surface area (Å²) in [7, 11) is 4.29. The molecule has 0 heterocycles. The molecule has 0 saturated heterocycles. The second-order valence-electron chi connectivity index (χ2n) is 5.95. The van der Waals surface area contributed by atoms with Gasteiger partial charge in [0.2, 0.25) is 0 Å². The predicted octanol–water partition coefficient (Wildman–Crippen LogP) is 2.99. The Balaban J connectivity index is 1.98. The molecule has 1 aromatic carbocycles. The Hall–Kier alpha value is -0.860. The molecule has 1 aliphatic carbocycles. The average molecular weight is 246 g/mol. The molecule has 2 heteroatoms. The lowest BCUT2D eigenvalue weighted by Crippen LogP contribution is -2.37. The van der Waals surface area contributed by atoms with E-state index in [0.29, 0.717) is 12.1 Å². The Morgan fingerprint density at radius 1 is 1.22 bits per heavy atom. The summed E-state index contributed by atoms with van der Waals surface area (Å²) in [6.07, 6.45) is 2.75. The third-order valence-corrected chi connectivity index (χ3v) is 4.04. The van der Waals surface area contributed by atoms with Gasteiger partial charge in [0.15, 0.2) is 0 Å². The molecule has 100 valence electrons. The monoisotopic (exact) mass is 246 g/mol. The van der Waals surface area contributed by atoms with Crippen LogP contribution in [-0.4, -0.2) is 31.6 Å². The third-order valence-electron chi connectivity index (χ3n) is 4.04. The normalized spacial score (nSPS) is 18.9. The van der Waals surface area contributed by atoms with Crippen LogP contribution in [0.4, 0.5) is 0 Å². The van der Waals surface area contributed by atoms with Crippen molar-refractivity contribution in [1.29, 1.82) is 0 Å². The molecule has 0 radical (unpaired) electrons. The SMILES string of the molecule is Cc1ccc(C(NCC(C)N(C)C)C2CC2)cc1. The smallest absolute Gasteiger partial charge is 0.0349 e. The minimum absolute atomic E-state index is 0.549. The highest BCUT2D eigenvalue weighted by Crippen LogP contribution is 2.40. The molecule has 0 aliphatic heterocycles. The van der Waals surface area contributed by atoms with Crippen LogP contribution in [0.1, 0.15) is 36.9 Å². The van der Waals surface area contributed by atoms with Crippen LogP contribution in [0, 0.1) is 12.8 Å². The first-order valence-corrected chi connectivity index (χ1v) is 7.04. The molecule has 2 nitrogen and oxygen atoms in total. The summed E-state index contributed by atoms with van der Waals surface area (Å²) in [6.45, 7) is 5.48. The van der Waals surface area contributed by atoms with E-state index in [-0.39, 0.29) is 0 Å². The van der Waals surface area contributed by atoms with Crippen LogP contribution in [0.15, 0.2) is 24.3 Å². The van der Waals surface area contributed by atoms with Gasteiger partial charge in [0.1, 0.15) is 0 Å². The minimum atomic E-state index is 0.549. The molecular formula is C16H26N2. The van der Waals surface area contributed by atoms with Gasteiger partial charge in [-0.05, 0) is 52.3 Å². The molecule has 2 rings (SSSR count). The van der Waals surface area contributed by atoms with Crippen molar-refractivity contribution in [2.75, 3.05) is 20.6 Å². The average Bonchev–Trinajstić information content (AvgIpc) is 3.15. The van der Waals surface area contributed by atoms with E-state index in [2.05, 4.69) is 62.4 Å². The first kappa shape index (κ1) is 13.6. The molecule has 2 unspecified atom stereocenters. The third kappa shape index (κ3) is 3.56. The van der Waals surface area contributed by atoms with E-state index in [4.69, 9.17) is 0 Å². The Morgan fingerprint density at radius 3 is 2.33 bits per heavy atom. The van der Waals surface area contributed by atoms with E-state index in [9.17, 15) is 0 Å². The summed E-state index contributed by atoms with van der Waals surface area (Å²) in [5, 5.41) is 3.76. The molecule has 2 atom stereocenters. The standard InChI is InChI=1S/C16H26N2/c1-12-5-7-14(8-6-12)16(15-9-10-15)17-11-13(2)18(3)4/h5-8,13,15-17H,9-11H2,1-4H3. The molecule has 0 spiro atoms. The number of rotatable bonds is 6. The number of aryl methyl sites for hydroxylation is 1. The quantitative estimate of drug-likeness (QED) is 0.830. The van der Waals surface area contributed by atoms with Gasteiger partial charge < -0.3 is 10.2 Å². The summed E-state index contributed by atoms with van der Waals surface area (Å²) < 4.78 is 0. The molecule has 1 saturated carbocycles. The van der Waals surface area contributed by atoms with Crippen LogP contribution in [0.2, 0.25) is 0 Å². The topological polar surface area (TPSA) is 15.3 Å². The molecule has 1 N–H and O–H groups in total. The van der Waals surface area contributed by atoms with Crippen molar-refractivity contribution in [2.45, 2.75) is 38.8 Å². The number of nitrogens with zero attached hydrogens (tertiary/aromatic N) is 1. The van der Waals surface area contributed by atoms with Crippen LogP contribution in [0.5, 0.6) is 0 Å². The first-order valence-electron chi connectivity index (χ1n) is 7.04. The number of benzene rings is 1. The maximum atomic E-state index is 3.76. The van der Waals surface area contributed by atoms with E-state index < -0.39 is 0 Å². The number of hydrogen-bond donors (Lipinski definition) is 1. The van der Waals surface area contributed by atoms with E-state index in [0.717, 1.165) is 12.5 Å². The molecule has 1 fully saturated rings. The van der Waals surface area contributed by atoms with Gasteiger partial charge in [-0.25, -0.2) is 0 Å². The summed E-state index contributed by atoms with van der Waals surface area (Å²) in [6, 6.07) is 10.1. The fourth-order valence-corrected chi connectivity index (χ4v) is 2.24. The van der Waals surface area contributed by atoms with Crippen LogP contribution in [-0.2, 0) is 0 Å². The summed E-state index contributed by atoms with van der Waals surface area (Å²) in [5.41, 5.74) is 2.80. The predicted molar refractivity (Wildman–Crippen MR) is 77.8 cm³/mol. The molecule has 18 heavy (non-hydrogen) atoms. The Morgan fingerprint density at radius 2 is 1.83 bits per heavy atom. The lowest BCUT2D eigenvalue weighted by molar-refractivity contribution is 0.288. The van der Waals surface area contributed by atoms with Crippen LogP contribution < -0.4 is 5.32 Å². The van der Waals surface area contributed by atoms with Crippen molar-refractivity contribution in [3.05, 3.63) is 35.4 Å². The highest BCUT2D eigenvalue weighted by molar-refractivity contribution is 5.25. The van der Waals surface area contributed by atoms with Crippen molar-refractivity contribution in [1.82, 2.24) is 10.2 Å². The van der Waals surface area contributed by atoms with Gasteiger partial charge in [0.25, 0.3) is 0 Å². The fourth-order valence-electron chi connectivity index (χ4n) is 2.24. The van der Waals surface area contributed by atoms with Gasteiger partial charge in [0, 0.05) is 18.6 Å². The molecule has 1 aliphatic rings. The van der Waals surface area contributed by atoms with Crippen LogP contribution in [0.25, 0.3) is 0 Å². The second kappa shape index (κ2) is 5.85. The van der Waals surface area contributed by atoms with Crippen molar-refractivity contribution < 1.29 is 0 Å². The minimum Gasteiger partial charge on any atom is -0.308 e. The maximum absolute atomic E-state index is 3.76. The highest BCUT2D eigenvalue weighted by Gasteiger charge is 2.32. The molecule has 0 bridgehead atoms. The second-order valence-corrected chi connectivity index (χ2v) is 5.95. The molecule has 0 amide bonds. The van der Waals surface area contributed by atoms with Gasteiger partial charge in [-0.2, -0.15) is 0 Å². The zero-order valence-corrected chi connectivity index (χ0v) is 12.1. The number of hydrogen-bond acceptors (Lipinski definition) is 2. The summed E-state index contributed by atoms with van der Waals surface area (Å²) >= 11 is 0. The van der Waals surface area contributed by atoms with Gasteiger partial charge in [-0.3, -0.25) is 0 Å². The number of likely N-dealkylation sites (N-methyl/N-ethyl adjacent to an activating group) is 1. The summed E-state index contributed by atoms with van der Waals surface area (Å²) in [5.74, 6) is 0.849. The van der Waals surface area contributed by atoms with E-state index in [1.165, 1.54) is 24.0 Å². The lowest BCUT2D eigenvalue weighted by atomic mass is 10.0. The Kier molecular flexibility index (Phi) is 4.41. The van der Waals surface area contributed by atoms with Crippen LogP contribution in [0.3, 0.4) is 0 Å². The Labute approximate surface area is 111 Å². The van der Waals surface area contributed by atoms with Crippen molar-refractivity contribution in [3.8, 4) is 0 Å². The summed E-state index contributed by atoms with van der Waals surface area (Å²) in [4.78, 5) is 2.27. The molecule has 0 aromatic heterocycles. The molecular weight excluding hydrogens is 220 g/mol. The van der Waals surface area contributed by atoms with Gasteiger partial charge in [-0.1, -0.05) is 29.8 Å². The highest BCUT2D eigenvalue weighted by atomic mass is 15.1. The zero-order valence-electron chi connectivity index (χ0n) is 12.1. The van der Waals surface area contributed by atoms with Gasteiger partial charge in [-0.15, -0.1) is 0 Å². The maximum Gasteiger partial charge on any atom is 0.0349 e. The van der Waals surface area contributed by atoms with E-state index in [1.807, 2.05) is 0 Å². The first-order chi connectivity index (χ1) is 8.58. The number of nitrogens with one attached hydrogen (secondary N) is 1. The van der Waals surface area contributed by atoms with E-state index in [1.54, 1.807) is 0 Å². The van der Waals surface area contributed by atoms with Crippen LogP contribution >= 0.6 is 0 Å². The van der Waals surface area contributed by atoms with Crippen molar-refractivity contribution in [3.63, 3.8) is 0 Å². The lowest BCUT2D eigenvalue weighted by Gasteiger charge is -2.25.